The summed E-state index contributed by atoms with van der Waals surface area (Å²) < 4.78 is 0. The van der Waals surface area contributed by atoms with E-state index in [-0.39, 0.29) is 12.0 Å². The second-order valence-corrected chi connectivity index (χ2v) is 4.68. The van der Waals surface area contributed by atoms with Crippen LogP contribution in [0.3, 0.4) is 0 Å². The normalized spacial score (nSPS) is 13.7. The average Bonchev–Trinajstić information content (AvgIpc) is 2.43. The maximum atomic E-state index is 8.88. The molecule has 1 unspecified atom stereocenters. The maximum absolute atomic E-state index is 8.88. The number of nitriles is 1. The summed E-state index contributed by atoms with van der Waals surface area (Å²) in [6.45, 7) is 7.82. The third-order valence-electron chi connectivity index (χ3n) is 3.22. The third-order valence-corrected chi connectivity index (χ3v) is 3.22. The Morgan fingerprint density at radius 1 is 1.28 bits per heavy atom. The van der Waals surface area contributed by atoms with Gasteiger partial charge in [-0.2, -0.15) is 5.26 Å². The molecule has 0 spiro atoms. The highest BCUT2D eigenvalue weighted by Gasteiger charge is 2.09. The fraction of sp³-hybridized carbons (Fsp3) is 0.533. The van der Waals surface area contributed by atoms with Crippen molar-refractivity contribution in [3.05, 3.63) is 29.8 Å². The minimum atomic E-state index is 0.0440. The molecule has 18 heavy (non-hydrogen) atoms. The van der Waals surface area contributed by atoms with Crippen molar-refractivity contribution in [1.29, 1.82) is 5.26 Å². The first-order valence-electron chi connectivity index (χ1n) is 6.62. The number of nitrogens with two attached hydrogens (primary N) is 1. The molecule has 0 amide bonds. The lowest BCUT2D eigenvalue weighted by molar-refractivity contribution is 0.683. The Kier molecular flexibility index (Phi) is 5.67. The summed E-state index contributed by atoms with van der Waals surface area (Å²) in [5.74, 6) is 0.0440. The molecule has 0 saturated heterocycles. The number of nitrogens with zero attached hydrogens (tertiary/aromatic N) is 2. The van der Waals surface area contributed by atoms with Crippen LogP contribution in [0.2, 0.25) is 0 Å². The minimum Gasteiger partial charge on any atom is -0.371 e. The van der Waals surface area contributed by atoms with Gasteiger partial charge in [-0.25, -0.2) is 0 Å². The fourth-order valence-corrected chi connectivity index (χ4v) is 1.96. The number of anilines is 1. The average molecular weight is 245 g/mol. The summed E-state index contributed by atoms with van der Waals surface area (Å²) in [5.41, 5.74) is 8.33. The lowest BCUT2D eigenvalue weighted by atomic mass is 10.0. The van der Waals surface area contributed by atoms with Crippen LogP contribution in [0, 0.1) is 17.2 Å². The molecule has 1 rings (SSSR count). The van der Waals surface area contributed by atoms with E-state index in [1.165, 1.54) is 5.56 Å². The molecule has 3 nitrogen and oxygen atoms in total. The van der Waals surface area contributed by atoms with Gasteiger partial charge >= 0.3 is 0 Å². The smallest absolute Gasteiger partial charge is 0.0671 e. The summed E-state index contributed by atoms with van der Waals surface area (Å²) in [6.07, 6.45) is 0.947. The fourth-order valence-electron chi connectivity index (χ4n) is 1.96. The highest BCUT2D eigenvalue weighted by atomic mass is 15.1. The highest BCUT2D eigenvalue weighted by Crippen LogP contribution is 2.20. The summed E-state index contributed by atoms with van der Waals surface area (Å²) in [7, 11) is 0. The Labute approximate surface area is 110 Å². The first-order chi connectivity index (χ1) is 8.62. The molecule has 0 fully saturated rings. The summed E-state index contributed by atoms with van der Waals surface area (Å²) >= 11 is 0. The van der Waals surface area contributed by atoms with Crippen molar-refractivity contribution in [3.63, 3.8) is 0 Å². The largest absolute Gasteiger partial charge is 0.371 e. The van der Waals surface area contributed by atoms with Crippen LogP contribution in [0.1, 0.15) is 38.8 Å². The quantitative estimate of drug-likeness (QED) is 0.838. The van der Waals surface area contributed by atoms with E-state index in [1.807, 2.05) is 6.92 Å². The van der Waals surface area contributed by atoms with Crippen molar-refractivity contribution in [2.75, 3.05) is 18.0 Å². The predicted octanol–water partition coefficient (Wildman–Crippen LogP) is 3.08. The van der Waals surface area contributed by atoms with E-state index in [0.717, 1.165) is 25.2 Å². The van der Waals surface area contributed by atoms with Gasteiger partial charge in [-0.1, -0.05) is 19.1 Å². The minimum absolute atomic E-state index is 0.0440. The lowest BCUT2D eigenvalue weighted by Crippen LogP contribution is -2.27. The number of benzene rings is 1. The molecule has 98 valence electrons. The van der Waals surface area contributed by atoms with Gasteiger partial charge in [0.1, 0.15) is 0 Å². The van der Waals surface area contributed by atoms with Gasteiger partial charge in [0, 0.05) is 24.8 Å². The summed E-state index contributed by atoms with van der Waals surface area (Å²) in [5, 5.41) is 8.88. The molecule has 0 aromatic heterocycles. The summed E-state index contributed by atoms with van der Waals surface area (Å²) in [4.78, 5) is 2.22. The van der Waals surface area contributed by atoms with Gasteiger partial charge in [-0.3, -0.25) is 0 Å². The van der Waals surface area contributed by atoms with E-state index in [1.54, 1.807) is 0 Å². The van der Waals surface area contributed by atoms with Crippen LogP contribution in [-0.4, -0.2) is 13.1 Å². The Bertz CT molecular complexity index is 391. The second-order valence-electron chi connectivity index (χ2n) is 4.68. The van der Waals surface area contributed by atoms with E-state index in [9.17, 15) is 0 Å². The van der Waals surface area contributed by atoms with E-state index in [4.69, 9.17) is 11.0 Å². The first kappa shape index (κ1) is 14.5. The van der Waals surface area contributed by atoms with E-state index >= 15 is 0 Å². The predicted molar refractivity (Wildman–Crippen MR) is 76.3 cm³/mol. The van der Waals surface area contributed by atoms with Crippen molar-refractivity contribution in [2.45, 2.75) is 33.2 Å². The van der Waals surface area contributed by atoms with Crippen LogP contribution in [0.25, 0.3) is 0 Å². The molecular formula is C15H23N3. The van der Waals surface area contributed by atoms with Gasteiger partial charge in [0.25, 0.3) is 0 Å². The Hall–Kier alpha value is -1.53. The van der Waals surface area contributed by atoms with Crippen LogP contribution in [0.4, 0.5) is 5.69 Å². The topological polar surface area (TPSA) is 53.0 Å². The second kappa shape index (κ2) is 7.03. The van der Waals surface area contributed by atoms with Crippen LogP contribution in [0.5, 0.6) is 0 Å². The van der Waals surface area contributed by atoms with Gasteiger partial charge in [0.05, 0.1) is 12.0 Å². The standard InChI is InChI=1S/C15H23N3/c1-4-15(17)13-6-8-14(9-7-13)18(5-2)11-12(3)10-16/h6-9,12,15H,4-5,11,17H2,1-3H3/t12?,15-/m1/s1. The van der Waals surface area contributed by atoms with Crippen molar-refractivity contribution >= 4 is 5.69 Å². The van der Waals surface area contributed by atoms with Crippen molar-refractivity contribution in [2.24, 2.45) is 11.7 Å². The van der Waals surface area contributed by atoms with Gasteiger partial charge in [0.15, 0.2) is 0 Å². The Balaban J connectivity index is 2.79. The molecule has 0 aliphatic rings. The zero-order valence-corrected chi connectivity index (χ0v) is 11.6. The van der Waals surface area contributed by atoms with Gasteiger partial charge < -0.3 is 10.6 Å². The van der Waals surface area contributed by atoms with Crippen LogP contribution < -0.4 is 10.6 Å². The molecule has 0 radical (unpaired) electrons. The molecule has 1 aromatic rings. The van der Waals surface area contributed by atoms with Crippen LogP contribution in [0.15, 0.2) is 24.3 Å². The molecule has 0 aliphatic heterocycles. The molecule has 0 bridgehead atoms. The van der Waals surface area contributed by atoms with Crippen LogP contribution in [-0.2, 0) is 0 Å². The van der Waals surface area contributed by atoms with E-state index < -0.39 is 0 Å². The molecule has 1 aromatic carbocycles. The van der Waals surface area contributed by atoms with E-state index in [2.05, 4.69) is 49.1 Å². The molecule has 0 saturated carbocycles. The number of rotatable bonds is 6. The molecule has 0 aliphatic carbocycles. The van der Waals surface area contributed by atoms with Crippen LogP contribution >= 0.6 is 0 Å². The van der Waals surface area contributed by atoms with Gasteiger partial charge in [-0.15, -0.1) is 0 Å². The third kappa shape index (κ3) is 3.75. The van der Waals surface area contributed by atoms with Crippen molar-refractivity contribution < 1.29 is 0 Å². The monoisotopic (exact) mass is 245 g/mol. The first-order valence-corrected chi connectivity index (χ1v) is 6.62. The maximum Gasteiger partial charge on any atom is 0.0671 e. The zero-order chi connectivity index (χ0) is 13.5. The summed E-state index contributed by atoms with van der Waals surface area (Å²) in [6, 6.07) is 10.8. The molecule has 0 heterocycles. The molecule has 2 N–H and O–H groups in total. The molecule has 3 heteroatoms. The highest BCUT2D eigenvalue weighted by molar-refractivity contribution is 5.48. The number of hydrogen-bond acceptors (Lipinski definition) is 3. The van der Waals surface area contributed by atoms with E-state index in [0.29, 0.717) is 0 Å². The van der Waals surface area contributed by atoms with Gasteiger partial charge in [-0.05, 0) is 38.0 Å². The molecular weight excluding hydrogens is 222 g/mol. The Morgan fingerprint density at radius 2 is 1.89 bits per heavy atom. The Morgan fingerprint density at radius 3 is 2.33 bits per heavy atom. The van der Waals surface area contributed by atoms with Crippen molar-refractivity contribution in [1.82, 2.24) is 0 Å². The number of hydrogen-bond donors (Lipinski definition) is 1. The van der Waals surface area contributed by atoms with Gasteiger partial charge in [0.2, 0.25) is 0 Å². The SMILES string of the molecule is CC[C@@H](N)c1ccc(N(CC)CC(C)C#N)cc1. The van der Waals surface area contributed by atoms with Crippen molar-refractivity contribution in [3.8, 4) is 6.07 Å². The molecule has 2 atom stereocenters. The zero-order valence-electron chi connectivity index (χ0n) is 11.6. The lowest BCUT2D eigenvalue weighted by Gasteiger charge is -2.24.